The van der Waals surface area contributed by atoms with Crippen LogP contribution < -0.4 is 10.8 Å². The molecule has 0 radical (unpaired) electrons. The number of fused-ring (bicyclic) bond motifs is 2. The van der Waals surface area contributed by atoms with Crippen molar-refractivity contribution in [1.82, 2.24) is 0 Å². The van der Waals surface area contributed by atoms with Gasteiger partial charge in [-0.25, -0.2) is 0 Å². The van der Waals surface area contributed by atoms with Gasteiger partial charge in [-0.15, -0.1) is 10.2 Å². The fourth-order valence-corrected chi connectivity index (χ4v) is 7.15. The third kappa shape index (κ3) is 9.26. The lowest BCUT2D eigenvalue weighted by Gasteiger charge is -2.13. The van der Waals surface area contributed by atoms with Crippen molar-refractivity contribution in [1.29, 1.82) is 0 Å². The summed E-state index contributed by atoms with van der Waals surface area (Å²) in [7, 11) is 0. The molecule has 10 nitrogen and oxygen atoms in total. The molecule has 0 unspecified atom stereocenters. The number of amides is 1. The standard InChI is InChI=1S/C52H44N6O4/c1-32-13-25-46(34(3)27-32)53-52(61)45-30-39-10-6-8-12-44(39)49(51(45)60)57-55-42-23-19-37(20-24-42)16-15-36-17-21-41(22-18-36)54-56-48-43-11-7-5-9-38(43)29-40(50(48)59)31-62-58-47-26-14-33(2)28-35(47)4/h5-30,58-60H,31H2,1-4H3,(H,53,61)/b16-15+,56-54?,57-55?. The molecule has 4 N–H and O–H groups in total. The molecule has 0 fully saturated rings. The Morgan fingerprint density at radius 2 is 1.06 bits per heavy atom. The molecule has 0 atom stereocenters. The zero-order valence-corrected chi connectivity index (χ0v) is 34.7. The van der Waals surface area contributed by atoms with Crippen molar-refractivity contribution in [2.75, 3.05) is 10.8 Å². The number of aryl methyl sites for hydroxylation is 4. The molecule has 8 aromatic rings. The molecule has 0 heterocycles. The van der Waals surface area contributed by atoms with E-state index >= 15 is 0 Å². The van der Waals surface area contributed by atoms with Crippen LogP contribution in [0.2, 0.25) is 0 Å². The van der Waals surface area contributed by atoms with Gasteiger partial charge in [0.25, 0.3) is 5.91 Å². The van der Waals surface area contributed by atoms with Gasteiger partial charge in [0.05, 0.1) is 22.6 Å². The highest BCUT2D eigenvalue weighted by atomic mass is 16.6. The second-order valence-electron chi connectivity index (χ2n) is 15.2. The van der Waals surface area contributed by atoms with E-state index in [-0.39, 0.29) is 29.4 Å². The quantitative estimate of drug-likeness (QED) is 0.0552. The van der Waals surface area contributed by atoms with E-state index in [0.29, 0.717) is 33.7 Å². The Balaban J connectivity index is 0.936. The number of aromatic hydroxyl groups is 2. The third-order valence-corrected chi connectivity index (χ3v) is 10.5. The molecule has 0 bridgehead atoms. The van der Waals surface area contributed by atoms with Crippen molar-refractivity contribution in [2.24, 2.45) is 20.5 Å². The van der Waals surface area contributed by atoms with Gasteiger partial charge in [0.2, 0.25) is 0 Å². The maximum Gasteiger partial charge on any atom is 0.259 e. The van der Waals surface area contributed by atoms with E-state index < -0.39 is 5.91 Å². The number of phenols is 2. The summed E-state index contributed by atoms with van der Waals surface area (Å²) in [5, 5.41) is 46.5. The van der Waals surface area contributed by atoms with E-state index in [2.05, 4.69) is 37.3 Å². The molecular weight excluding hydrogens is 773 g/mol. The minimum atomic E-state index is -0.438. The van der Waals surface area contributed by atoms with Crippen molar-refractivity contribution in [3.05, 3.63) is 190 Å². The van der Waals surface area contributed by atoms with Crippen LogP contribution in [0, 0.1) is 27.7 Å². The molecule has 0 saturated carbocycles. The minimum Gasteiger partial charge on any atom is -0.505 e. The van der Waals surface area contributed by atoms with Gasteiger partial charge in [-0.1, -0.05) is 120 Å². The first-order valence-corrected chi connectivity index (χ1v) is 20.1. The van der Waals surface area contributed by atoms with Crippen LogP contribution in [0.1, 0.15) is 49.3 Å². The first-order valence-electron chi connectivity index (χ1n) is 20.1. The van der Waals surface area contributed by atoms with Crippen LogP contribution in [-0.4, -0.2) is 16.1 Å². The van der Waals surface area contributed by atoms with Crippen molar-refractivity contribution in [3.63, 3.8) is 0 Å². The summed E-state index contributed by atoms with van der Waals surface area (Å²) in [4.78, 5) is 19.2. The number of nitrogens with one attached hydrogen (secondary N) is 2. The highest BCUT2D eigenvalue weighted by molar-refractivity contribution is 6.12. The van der Waals surface area contributed by atoms with Gasteiger partial charge in [-0.05, 0) is 109 Å². The SMILES string of the molecule is Cc1ccc(NOCc2cc3ccccc3c(N=Nc3ccc(/C=C/c4ccc(N=Nc5c(O)c(C(=O)Nc6ccc(C)cc6C)cc6ccccc56)cc4)cc3)c2O)c(C)c1. The topological polar surface area (TPSA) is 140 Å². The molecule has 0 aliphatic rings. The van der Waals surface area contributed by atoms with Crippen LogP contribution in [0.5, 0.6) is 11.5 Å². The summed E-state index contributed by atoms with van der Waals surface area (Å²) in [5.41, 5.74) is 13.2. The van der Waals surface area contributed by atoms with E-state index in [4.69, 9.17) is 4.84 Å². The van der Waals surface area contributed by atoms with Crippen LogP contribution in [0.3, 0.4) is 0 Å². The Morgan fingerprint density at radius 3 is 1.61 bits per heavy atom. The normalized spacial score (nSPS) is 11.7. The fourth-order valence-electron chi connectivity index (χ4n) is 7.15. The van der Waals surface area contributed by atoms with Crippen LogP contribution >= 0.6 is 0 Å². The lowest BCUT2D eigenvalue weighted by atomic mass is 10.0. The number of hydrogen-bond acceptors (Lipinski definition) is 9. The predicted octanol–water partition coefficient (Wildman–Crippen LogP) is 14.4. The molecule has 0 spiro atoms. The number of hydrogen-bond donors (Lipinski definition) is 4. The van der Waals surface area contributed by atoms with Crippen molar-refractivity contribution >= 4 is 73.7 Å². The average molecular weight is 817 g/mol. The summed E-state index contributed by atoms with van der Waals surface area (Å²) >= 11 is 0. The van der Waals surface area contributed by atoms with Gasteiger partial charge in [0, 0.05) is 22.0 Å². The summed E-state index contributed by atoms with van der Waals surface area (Å²) in [6, 6.07) is 45.7. The largest absolute Gasteiger partial charge is 0.505 e. The second kappa shape index (κ2) is 18.1. The number of benzene rings is 8. The molecule has 0 saturated heterocycles. The van der Waals surface area contributed by atoms with E-state index in [0.717, 1.165) is 49.7 Å². The molecular formula is C52H44N6O4. The van der Waals surface area contributed by atoms with Crippen molar-refractivity contribution < 1.29 is 19.8 Å². The van der Waals surface area contributed by atoms with Crippen LogP contribution in [0.25, 0.3) is 33.7 Å². The Morgan fingerprint density at radius 1 is 0.565 bits per heavy atom. The highest BCUT2D eigenvalue weighted by Crippen LogP contribution is 2.41. The molecule has 0 aliphatic carbocycles. The molecule has 8 rings (SSSR count). The second-order valence-corrected chi connectivity index (χ2v) is 15.2. The maximum atomic E-state index is 13.4. The van der Waals surface area contributed by atoms with Crippen molar-refractivity contribution in [3.8, 4) is 11.5 Å². The first-order chi connectivity index (χ1) is 30.1. The van der Waals surface area contributed by atoms with Crippen molar-refractivity contribution in [2.45, 2.75) is 34.3 Å². The Kier molecular flexibility index (Phi) is 11.9. The minimum absolute atomic E-state index is 0.0106. The molecule has 8 aromatic carbocycles. The summed E-state index contributed by atoms with van der Waals surface area (Å²) in [5.74, 6) is -0.673. The fraction of sp³-hybridized carbons (Fsp3) is 0.0962. The lowest BCUT2D eigenvalue weighted by Crippen LogP contribution is -2.13. The van der Waals surface area contributed by atoms with Crippen LogP contribution in [0.4, 0.5) is 34.1 Å². The molecule has 62 heavy (non-hydrogen) atoms. The zero-order chi connectivity index (χ0) is 43.2. The van der Waals surface area contributed by atoms with E-state index in [1.807, 2.05) is 173 Å². The van der Waals surface area contributed by atoms with Gasteiger partial charge in [-0.3, -0.25) is 15.1 Å². The van der Waals surface area contributed by atoms with Crippen LogP contribution in [-0.2, 0) is 11.4 Å². The third-order valence-electron chi connectivity index (χ3n) is 10.5. The van der Waals surface area contributed by atoms with Crippen LogP contribution in [0.15, 0.2) is 166 Å². The number of phenolic OH excluding ortho intramolecular Hbond substituents is 2. The summed E-state index contributed by atoms with van der Waals surface area (Å²) in [6.07, 6.45) is 3.98. The Labute approximate surface area is 359 Å². The molecule has 306 valence electrons. The average Bonchev–Trinajstić information content (AvgIpc) is 3.27. The summed E-state index contributed by atoms with van der Waals surface area (Å²) < 4.78 is 0. The van der Waals surface area contributed by atoms with Gasteiger partial charge in [0.1, 0.15) is 23.7 Å². The smallest absolute Gasteiger partial charge is 0.259 e. The molecule has 10 heteroatoms. The molecule has 1 amide bonds. The number of anilines is 2. The number of azo groups is 2. The van der Waals surface area contributed by atoms with E-state index in [1.54, 1.807) is 6.07 Å². The molecule has 0 aliphatic heterocycles. The van der Waals surface area contributed by atoms with Gasteiger partial charge >= 0.3 is 0 Å². The predicted molar refractivity (Wildman–Crippen MR) is 250 cm³/mol. The number of carbonyl (C=O) groups is 1. The van der Waals surface area contributed by atoms with Gasteiger partial charge in [0.15, 0.2) is 5.75 Å². The maximum absolute atomic E-state index is 13.4. The number of carbonyl (C=O) groups excluding carboxylic acids is 1. The van der Waals surface area contributed by atoms with Gasteiger partial charge in [-0.2, -0.15) is 10.2 Å². The number of rotatable bonds is 12. The van der Waals surface area contributed by atoms with Gasteiger partial charge < -0.3 is 15.5 Å². The summed E-state index contributed by atoms with van der Waals surface area (Å²) in [6.45, 7) is 8.10. The Bertz CT molecular complexity index is 3050. The number of nitrogens with zero attached hydrogens (tertiary/aromatic N) is 4. The monoisotopic (exact) mass is 816 g/mol. The van der Waals surface area contributed by atoms with E-state index in [1.165, 1.54) is 5.56 Å². The zero-order valence-electron chi connectivity index (χ0n) is 34.7. The lowest BCUT2D eigenvalue weighted by molar-refractivity contribution is 0.102. The Hall–Kier alpha value is -7.95. The van der Waals surface area contributed by atoms with E-state index in [9.17, 15) is 15.0 Å². The molecule has 0 aromatic heterocycles. The highest BCUT2D eigenvalue weighted by Gasteiger charge is 2.19. The first kappa shape index (κ1) is 40.8.